The van der Waals surface area contributed by atoms with Crippen LogP contribution in [-0.4, -0.2) is 53.4 Å². The molecule has 4 heteroatoms. The highest BCUT2D eigenvalue weighted by Crippen LogP contribution is 2.16. The number of likely N-dealkylation sites (tertiary alicyclic amines) is 1. The van der Waals surface area contributed by atoms with E-state index in [1.54, 1.807) is 6.08 Å². The summed E-state index contributed by atoms with van der Waals surface area (Å²) in [4.78, 5) is 21.2. The number of likely N-dealkylation sites (N-methyl/N-ethyl adjacent to an activating group) is 1. The van der Waals surface area contributed by atoms with E-state index in [2.05, 4.69) is 16.0 Å². The molecule has 1 aromatic carbocycles. The Morgan fingerprint density at radius 3 is 2.58 bits per heavy atom. The molecule has 0 bridgehead atoms. The van der Waals surface area contributed by atoms with E-state index in [1.165, 1.54) is 0 Å². The lowest BCUT2D eigenvalue weighted by Crippen LogP contribution is -2.45. The van der Waals surface area contributed by atoms with Crippen molar-refractivity contribution in [3.05, 3.63) is 72.1 Å². The first-order chi connectivity index (χ1) is 12.7. The normalized spacial score (nSPS) is 16.0. The van der Waals surface area contributed by atoms with Crippen LogP contribution in [0.2, 0.25) is 0 Å². The average molecular weight is 349 g/mol. The lowest BCUT2D eigenvalue weighted by atomic mass is 10.0. The molecule has 0 unspecified atom stereocenters. The number of carbonyl (C=O) groups is 1. The summed E-state index contributed by atoms with van der Waals surface area (Å²) in [6.07, 6.45) is 8.47. The van der Waals surface area contributed by atoms with Gasteiger partial charge in [0, 0.05) is 57.1 Å². The lowest BCUT2D eigenvalue weighted by molar-refractivity contribution is -0.127. The number of pyridine rings is 1. The van der Waals surface area contributed by atoms with E-state index in [0.717, 1.165) is 50.2 Å². The summed E-state index contributed by atoms with van der Waals surface area (Å²) in [6.45, 7) is 3.12. The Kier molecular flexibility index (Phi) is 6.56. The molecule has 136 valence electrons. The zero-order valence-corrected chi connectivity index (χ0v) is 15.4. The first-order valence-electron chi connectivity index (χ1n) is 9.34. The molecule has 1 aliphatic heterocycles. The van der Waals surface area contributed by atoms with E-state index >= 15 is 0 Å². The Morgan fingerprint density at radius 2 is 1.88 bits per heavy atom. The van der Waals surface area contributed by atoms with Crippen LogP contribution in [0.5, 0.6) is 0 Å². The second-order valence-electron chi connectivity index (χ2n) is 6.84. The van der Waals surface area contributed by atoms with Crippen molar-refractivity contribution in [2.75, 3.05) is 26.7 Å². The first kappa shape index (κ1) is 18.3. The molecule has 26 heavy (non-hydrogen) atoms. The fourth-order valence-corrected chi connectivity index (χ4v) is 3.38. The summed E-state index contributed by atoms with van der Waals surface area (Å²) < 4.78 is 0. The number of piperidine rings is 1. The largest absolute Gasteiger partial charge is 0.339 e. The van der Waals surface area contributed by atoms with Crippen LogP contribution < -0.4 is 0 Å². The van der Waals surface area contributed by atoms with Crippen LogP contribution in [0, 0.1) is 0 Å². The molecule has 0 N–H and O–H groups in total. The van der Waals surface area contributed by atoms with Gasteiger partial charge >= 0.3 is 0 Å². The number of nitrogens with zero attached hydrogens (tertiary/aromatic N) is 3. The van der Waals surface area contributed by atoms with Crippen molar-refractivity contribution in [1.29, 1.82) is 0 Å². The highest BCUT2D eigenvalue weighted by atomic mass is 16.2. The highest BCUT2D eigenvalue weighted by molar-refractivity contribution is 5.91. The van der Waals surface area contributed by atoms with Crippen LogP contribution in [0.25, 0.3) is 6.08 Å². The van der Waals surface area contributed by atoms with Gasteiger partial charge in [-0.05, 0) is 36.6 Å². The molecule has 0 aliphatic carbocycles. The third kappa shape index (κ3) is 5.27. The molecule has 0 atom stereocenters. The molecule has 0 radical (unpaired) electrons. The summed E-state index contributed by atoms with van der Waals surface area (Å²) in [6, 6.07) is 16.3. The van der Waals surface area contributed by atoms with E-state index < -0.39 is 0 Å². The third-order valence-electron chi connectivity index (χ3n) is 5.08. The fourth-order valence-electron chi connectivity index (χ4n) is 3.38. The zero-order chi connectivity index (χ0) is 18.2. The van der Waals surface area contributed by atoms with Gasteiger partial charge in [-0.2, -0.15) is 0 Å². The SMILES string of the molecule is CN(C(=O)C=Cc1ccccc1)C1CCN(CCc2ccccn2)CC1. The van der Waals surface area contributed by atoms with Gasteiger partial charge in [0.15, 0.2) is 0 Å². The Hall–Kier alpha value is -2.46. The van der Waals surface area contributed by atoms with Gasteiger partial charge in [0.2, 0.25) is 5.91 Å². The molecule has 0 spiro atoms. The molecular formula is C22H27N3O. The smallest absolute Gasteiger partial charge is 0.246 e. The van der Waals surface area contributed by atoms with Gasteiger partial charge in [-0.1, -0.05) is 36.4 Å². The summed E-state index contributed by atoms with van der Waals surface area (Å²) in [7, 11) is 1.92. The van der Waals surface area contributed by atoms with E-state index in [1.807, 2.05) is 66.7 Å². The molecule has 1 amide bonds. The van der Waals surface area contributed by atoms with Crippen molar-refractivity contribution in [2.24, 2.45) is 0 Å². The van der Waals surface area contributed by atoms with Crippen LogP contribution in [-0.2, 0) is 11.2 Å². The number of hydrogen-bond donors (Lipinski definition) is 0. The third-order valence-corrected chi connectivity index (χ3v) is 5.08. The van der Waals surface area contributed by atoms with Crippen molar-refractivity contribution in [1.82, 2.24) is 14.8 Å². The number of aromatic nitrogens is 1. The van der Waals surface area contributed by atoms with Gasteiger partial charge in [0.1, 0.15) is 0 Å². The monoisotopic (exact) mass is 349 g/mol. The van der Waals surface area contributed by atoms with Crippen molar-refractivity contribution in [2.45, 2.75) is 25.3 Å². The average Bonchev–Trinajstić information content (AvgIpc) is 2.72. The van der Waals surface area contributed by atoms with Gasteiger partial charge in [-0.25, -0.2) is 0 Å². The quantitative estimate of drug-likeness (QED) is 0.751. The number of carbonyl (C=O) groups excluding carboxylic acids is 1. The Labute approximate surface area is 156 Å². The van der Waals surface area contributed by atoms with Crippen LogP contribution in [0.4, 0.5) is 0 Å². The summed E-state index contributed by atoms with van der Waals surface area (Å²) in [5.74, 6) is 0.0841. The van der Waals surface area contributed by atoms with E-state index in [4.69, 9.17) is 0 Å². The number of hydrogen-bond acceptors (Lipinski definition) is 3. The fraction of sp³-hybridized carbons (Fsp3) is 0.364. The Morgan fingerprint density at radius 1 is 1.15 bits per heavy atom. The minimum Gasteiger partial charge on any atom is -0.339 e. The molecule has 1 aromatic heterocycles. The minimum absolute atomic E-state index is 0.0841. The molecule has 1 saturated heterocycles. The van der Waals surface area contributed by atoms with Crippen LogP contribution in [0.1, 0.15) is 24.1 Å². The van der Waals surface area contributed by atoms with Gasteiger partial charge < -0.3 is 9.80 Å². The first-order valence-corrected chi connectivity index (χ1v) is 9.34. The van der Waals surface area contributed by atoms with E-state index in [0.29, 0.717) is 6.04 Å². The molecule has 2 heterocycles. The standard InChI is InChI=1S/C22H27N3O/c1-24(22(26)11-10-19-7-3-2-4-8-19)21-13-17-25(18-14-21)16-12-20-9-5-6-15-23-20/h2-11,15,21H,12-14,16-18H2,1H3. The van der Waals surface area contributed by atoms with Crippen LogP contribution in [0.3, 0.4) is 0 Å². The maximum atomic E-state index is 12.4. The van der Waals surface area contributed by atoms with Gasteiger partial charge in [0.05, 0.1) is 0 Å². The molecule has 1 fully saturated rings. The predicted octanol–water partition coefficient (Wildman–Crippen LogP) is 3.26. The number of benzene rings is 1. The molecule has 2 aromatic rings. The molecule has 0 saturated carbocycles. The summed E-state index contributed by atoms with van der Waals surface area (Å²) >= 11 is 0. The van der Waals surface area contributed by atoms with E-state index in [9.17, 15) is 4.79 Å². The van der Waals surface area contributed by atoms with Crippen LogP contribution in [0.15, 0.2) is 60.8 Å². The van der Waals surface area contributed by atoms with E-state index in [-0.39, 0.29) is 5.91 Å². The molecule has 1 aliphatic rings. The maximum Gasteiger partial charge on any atom is 0.246 e. The Bertz CT molecular complexity index is 707. The zero-order valence-electron chi connectivity index (χ0n) is 15.4. The van der Waals surface area contributed by atoms with Gasteiger partial charge in [-0.15, -0.1) is 0 Å². The minimum atomic E-state index is 0.0841. The topological polar surface area (TPSA) is 36.4 Å². The van der Waals surface area contributed by atoms with Crippen molar-refractivity contribution in [3.8, 4) is 0 Å². The Balaban J connectivity index is 1.43. The molecule has 4 nitrogen and oxygen atoms in total. The number of rotatable bonds is 6. The van der Waals surface area contributed by atoms with Crippen molar-refractivity contribution in [3.63, 3.8) is 0 Å². The van der Waals surface area contributed by atoms with Gasteiger partial charge in [-0.3, -0.25) is 9.78 Å². The predicted molar refractivity (Wildman–Crippen MR) is 106 cm³/mol. The number of amides is 1. The second kappa shape index (κ2) is 9.30. The second-order valence-corrected chi connectivity index (χ2v) is 6.84. The molecule has 3 rings (SSSR count). The van der Waals surface area contributed by atoms with Gasteiger partial charge in [0.25, 0.3) is 0 Å². The van der Waals surface area contributed by atoms with Crippen molar-refractivity contribution >= 4 is 12.0 Å². The lowest BCUT2D eigenvalue weighted by Gasteiger charge is -2.36. The highest BCUT2D eigenvalue weighted by Gasteiger charge is 2.24. The molecular weight excluding hydrogens is 322 g/mol. The van der Waals surface area contributed by atoms with Crippen LogP contribution >= 0.6 is 0 Å². The summed E-state index contributed by atoms with van der Waals surface area (Å²) in [5.41, 5.74) is 2.20. The van der Waals surface area contributed by atoms with Crippen molar-refractivity contribution < 1.29 is 4.79 Å². The maximum absolute atomic E-state index is 12.4. The summed E-state index contributed by atoms with van der Waals surface area (Å²) in [5, 5.41) is 0.